The highest BCUT2D eigenvalue weighted by molar-refractivity contribution is 5.27. The largest absolute Gasteiger partial charge is 0.450 e. The molecule has 0 saturated heterocycles. The lowest BCUT2D eigenvalue weighted by Gasteiger charge is -2.16. The molecule has 2 rings (SSSR count). The van der Waals surface area contributed by atoms with Gasteiger partial charge < -0.3 is 9.47 Å². The molecule has 0 atom stereocenters. The first-order chi connectivity index (χ1) is 5.36. The van der Waals surface area contributed by atoms with Crippen LogP contribution in [0.15, 0.2) is 12.1 Å². The highest BCUT2D eigenvalue weighted by Crippen LogP contribution is 2.20. The van der Waals surface area contributed by atoms with Gasteiger partial charge >= 0.3 is 0 Å². The van der Waals surface area contributed by atoms with Crippen LogP contribution in [-0.2, 0) is 11.3 Å². The molecule has 0 saturated carbocycles. The van der Waals surface area contributed by atoms with Crippen LogP contribution in [0.1, 0.15) is 11.3 Å². The summed E-state index contributed by atoms with van der Waals surface area (Å²) < 4.78 is 10.2. The van der Waals surface area contributed by atoms with Gasteiger partial charge in [0.1, 0.15) is 0 Å². The van der Waals surface area contributed by atoms with Gasteiger partial charge in [-0.1, -0.05) is 0 Å². The summed E-state index contributed by atoms with van der Waals surface area (Å²) in [6, 6.07) is 3.94. The van der Waals surface area contributed by atoms with Gasteiger partial charge in [0.2, 0.25) is 5.88 Å². The van der Waals surface area contributed by atoms with Crippen molar-refractivity contribution in [2.75, 3.05) is 6.79 Å². The van der Waals surface area contributed by atoms with Gasteiger partial charge in [-0.05, 0) is 19.1 Å². The standard InChI is InChI=1S/C8H9NO2/c1-6-2-3-7-4-10-5-11-8(7)9-6/h2-3H,4-5H2,1H3. The minimum atomic E-state index is 0.323. The van der Waals surface area contributed by atoms with Crippen molar-refractivity contribution in [3.05, 3.63) is 23.4 Å². The van der Waals surface area contributed by atoms with Crippen LogP contribution in [0.3, 0.4) is 0 Å². The van der Waals surface area contributed by atoms with E-state index in [0.29, 0.717) is 13.4 Å². The van der Waals surface area contributed by atoms with E-state index >= 15 is 0 Å². The lowest BCUT2D eigenvalue weighted by atomic mass is 10.2. The van der Waals surface area contributed by atoms with E-state index in [1.165, 1.54) is 0 Å². The average Bonchev–Trinajstić information content (AvgIpc) is 2.04. The fraction of sp³-hybridized carbons (Fsp3) is 0.375. The zero-order valence-electron chi connectivity index (χ0n) is 6.33. The minimum Gasteiger partial charge on any atom is -0.450 e. The number of nitrogens with zero attached hydrogens (tertiary/aromatic N) is 1. The summed E-state index contributed by atoms with van der Waals surface area (Å²) in [5, 5.41) is 0. The summed E-state index contributed by atoms with van der Waals surface area (Å²) in [4.78, 5) is 4.21. The maximum absolute atomic E-state index is 5.17. The van der Waals surface area contributed by atoms with Crippen LogP contribution in [0.25, 0.3) is 0 Å². The number of rotatable bonds is 0. The van der Waals surface area contributed by atoms with Crippen LogP contribution in [0, 0.1) is 6.92 Å². The molecule has 0 amide bonds. The predicted molar refractivity (Wildman–Crippen MR) is 39.3 cm³/mol. The maximum atomic E-state index is 5.17. The normalized spacial score (nSPS) is 15.4. The smallest absolute Gasteiger partial charge is 0.221 e. The van der Waals surface area contributed by atoms with Crippen molar-refractivity contribution in [3.63, 3.8) is 0 Å². The zero-order valence-corrected chi connectivity index (χ0v) is 6.33. The van der Waals surface area contributed by atoms with Crippen LogP contribution >= 0.6 is 0 Å². The van der Waals surface area contributed by atoms with Gasteiger partial charge in [-0.25, -0.2) is 4.98 Å². The van der Waals surface area contributed by atoms with Crippen molar-refractivity contribution in [2.24, 2.45) is 0 Å². The van der Waals surface area contributed by atoms with E-state index in [4.69, 9.17) is 9.47 Å². The summed E-state index contributed by atoms with van der Waals surface area (Å²) in [7, 11) is 0. The molecule has 1 aliphatic rings. The second-order valence-electron chi connectivity index (χ2n) is 2.53. The Labute approximate surface area is 65.0 Å². The molecule has 0 aromatic carbocycles. The molecule has 11 heavy (non-hydrogen) atoms. The highest BCUT2D eigenvalue weighted by Gasteiger charge is 2.10. The van der Waals surface area contributed by atoms with Crippen molar-refractivity contribution < 1.29 is 9.47 Å². The minimum absolute atomic E-state index is 0.323. The Bertz CT molecular complexity index is 273. The molecule has 1 aliphatic heterocycles. The second kappa shape index (κ2) is 2.51. The first kappa shape index (κ1) is 6.61. The number of fused-ring (bicyclic) bond motifs is 1. The molecular weight excluding hydrogens is 142 g/mol. The third kappa shape index (κ3) is 1.19. The molecule has 1 aromatic rings. The Kier molecular flexibility index (Phi) is 1.51. The zero-order chi connectivity index (χ0) is 7.68. The molecule has 1 aromatic heterocycles. The summed E-state index contributed by atoms with van der Waals surface area (Å²) in [6.07, 6.45) is 0. The molecule has 0 unspecified atom stereocenters. The molecule has 2 heterocycles. The fourth-order valence-electron chi connectivity index (χ4n) is 1.05. The Morgan fingerprint density at radius 1 is 1.45 bits per heavy atom. The molecule has 0 fully saturated rings. The first-order valence-electron chi connectivity index (χ1n) is 3.53. The number of hydrogen-bond donors (Lipinski definition) is 0. The van der Waals surface area contributed by atoms with E-state index in [9.17, 15) is 0 Å². The first-order valence-corrected chi connectivity index (χ1v) is 3.53. The topological polar surface area (TPSA) is 31.4 Å². The van der Waals surface area contributed by atoms with Crippen molar-refractivity contribution in [3.8, 4) is 5.88 Å². The summed E-state index contributed by atoms with van der Waals surface area (Å²) >= 11 is 0. The Morgan fingerprint density at radius 2 is 2.36 bits per heavy atom. The van der Waals surface area contributed by atoms with E-state index in [1.807, 2.05) is 19.1 Å². The monoisotopic (exact) mass is 151 g/mol. The average molecular weight is 151 g/mol. The van der Waals surface area contributed by atoms with Crippen LogP contribution < -0.4 is 4.74 Å². The molecular formula is C8H9NO2. The Hall–Kier alpha value is -1.09. The summed E-state index contributed by atoms with van der Waals surface area (Å²) in [6.45, 7) is 2.88. The van der Waals surface area contributed by atoms with E-state index in [2.05, 4.69) is 4.98 Å². The molecule has 0 bridgehead atoms. The molecule has 0 spiro atoms. The Morgan fingerprint density at radius 3 is 3.27 bits per heavy atom. The highest BCUT2D eigenvalue weighted by atomic mass is 16.7. The second-order valence-corrected chi connectivity index (χ2v) is 2.53. The SMILES string of the molecule is Cc1ccc2c(n1)OCOC2. The van der Waals surface area contributed by atoms with Crippen molar-refractivity contribution in [2.45, 2.75) is 13.5 Å². The molecule has 0 radical (unpaired) electrons. The molecule has 3 heteroatoms. The number of aryl methyl sites for hydroxylation is 1. The number of hydrogen-bond acceptors (Lipinski definition) is 3. The molecule has 0 N–H and O–H groups in total. The van der Waals surface area contributed by atoms with E-state index in [0.717, 1.165) is 17.1 Å². The van der Waals surface area contributed by atoms with Gasteiger partial charge in [-0.3, -0.25) is 0 Å². The van der Waals surface area contributed by atoms with Crippen LogP contribution in [0.4, 0.5) is 0 Å². The van der Waals surface area contributed by atoms with Crippen LogP contribution in [-0.4, -0.2) is 11.8 Å². The van der Waals surface area contributed by atoms with Crippen LogP contribution in [0.5, 0.6) is 5.88 Å². The number of ether oxygens (including phenoxy) is 2. The Balaban J connectivity index is 2.43. The number of pyridine rings is 1. The lowest BCUT2D eigenvalue weighted by Crippen LogP contribution is -2.12. The maximum Gasteiger partial charge on any atom is 0.221 e. The third-order valence-corrected chi connectivity index (χ3v) is 1.61. The van der Waals surface area contributed by atoms with Crippen molar-refractivity contribution >= 4 is 0 Å². The quantitative estimate of drug-likeness (QED) is 0.559. The van der Waals surface area contributed by atoms with Gasteiger partial charge in [0.05, 0.1) is 6.61 Å². The predicted octanol–water partition coefficient (Wildman–Crippen LogP) is 1.26. The van der Waals surface area contributed by atoms with E-state index in [-0.39, 0.29) is 0 Å². The van der Waals surface area contributed by atoms with Crippen molar-refractivity contribution in [1.82, 2.24) is 4.98 Å². The molecule has 58 valence electrons. The van der Waals surface area contributed by atoms with Crippen LogP contribution in [0.2, 0.25) is 0 Å². The fourth-order valence-corrected chi connectivity index (χ4v) is 1.05. The van der Waals surface area contributed by atoms with Gasteiger partial charge in [-0.2, -0.15) is 0 Å². The van der Waals surface area contributed by atoms with E-state index in [1.54, 1.807) is 0 Å². The number of aromatic nitrogens is 1. The van der Waals surface area contributed by atoms with Gasteiger partial charge in [0.15, 0.2) is 6.79 Å². The van der Waals surface area contributed by atoms with E-state index < -0.39 is 0 Å². The summed E-state index contributed by atoms with van der Waals surface area (Å²) in [5.74, 6) is 0.719. The van der Waals surface area contributed by atoms with Gasteiger partial charge in [0, 0.05) is 11.3 Å². The van der Waals surface area contributed by atoms with Crippen molar-refractivity contribution in [1.29, 1.82) is 0 Å². The molecule has 3 nitrogen and oxygen atoms in total. The molecule has 0 aliphatic carbocycles. The summed E-state index contributed by atoms with van der Waals surface area (Å²) in [5.41, 5.74) is 2.01. The van der Waals surface area contributed by atoms with Gasteiger partial charge in [-0.15, -0.1) is 0 Å². The third-order valence-electron chi connectivity index (χ3n) is 1.61. The van der Waals surface area contributed by atoms with Gasteiger partial charge in [0.25, 0.3) is 0 Å². The lowest BCUT2D eigenvalue weighted by molar-refractivity contribution is -0.0198.